The van der Waals surface area contributed by atoms with E-state index in [-0.39, 0.29) is 22.8 Å². The molecule has 21 heavy (non-hydrogen) atoms. The first-order chi connectivity index (χ1) is 10.1. The Labute approximate surface area is 123 Å². The average Bonchev–Trinajstić information content (AvgIpc) is 2.49. The van der Waals surface area contributed by atoms with E-state index in [2.05, 4.69) is 10.6 Å². The van der Waals surface area contributed by atoms with Crippen LogP contribution < -0.4 is 10.6 Å². The van der Waals surface area contributed by atoms with Gasteiger partial charge in [0, 0.05) is 32.9 Å². The van der Waals surface area contributed by atoms with Crippen LogP contribution in [0.4, 0.5) is 11.4 Å². The SMILES string of the molecule is CCCOCCCNC(=O)c1cccc([N+](=O)[O-])c1NC. The van der Waals surface area contributed by atoms with Crippen LogP contribution in [0.1, 0.15) is 30.1 Å². The second-order valence-corrected chi connectivity index (χ2v) is 4.43. The molecule has 0 heterocycles. The van der Waals surface area contributed by atoms with Crippen LogP contribution in [0, 0.1) is 10.1 Å². The second kappa shape index (κ2) is 8.91. The van der Waals surface area contributed by atoms with Gasteiger partial charge in [0.1, 0.15) is 5.69 Å². The van der Waals surface area contributed by atoms with Gasteiger partial charge in [0.25, 0.3) is 11.6 Å². The first-order valence-corrected chi connectivity index (χ1v) is 6.92. The van der Waals surface area contributed by atoms with Crippen molar-refractivity contribution in [2.75, 3.05) is 32.1 Å². The lowest BCUT2D eigenvalue weighted by Crippen LogP contribution is -2.26. The Morgan fingerprint density at radius 1 is 1.38 bits per heavy atom. The Balaban J connectivity index is 2.62. The first-order valence-electron chi connectivity index (χ1n) is 6.92. The number of nitrogens with zero attached hydrogens (tertiary/aromatic N) is 1. The number of carbonyl (C=O) groups excluding carboxylic acids is 1. The highest BCUT2D eigenvalue weighted by molar-refractivity contribution is 6.01. The molecule has 116 valence electrons. The predicted octanol–water partition coefficient (Wildman–Crippen LogP) is 2.18. The zero-order chi connectivity index (χ0) is 15.7. The van der Waals surface area contributed by atoms with Crippen LogP contribution in [0.5, 0.6) is 0 Å². The van der Waals surface area contributed by atoms with Crippen LogP contribution in [0.15, 0.2) is 18.2 Å². The van der Waals surface area contributed by atoms with Gasteiger partial charge >= 0.3 is 0 Å². The quantitative estimate of drug-likeness (QED) is 0.414. The lowest BCUT2D eigenvalue weighted by atomic mass is 10.1. The number of rotatable bonds is 9. The normalized spacial score (nSPS) is 10.2. The van der Waals surface area contributed by atoms with E-state index in [9.17, 15) is 14.9 Å². The summed E-state index contributed by atoms with van der Waals surface area (Å²) in [6, 6.07) is 4.42. The molecule has 0 aliphatic carbocycles. The van der Waals surface area contributed by atoms with E-state index in [0.717, 1.165) is 6.42 Å². The Hall–Kier alpha value is -2.15. The first kappa shape index (κ1) is 16.9. The lowest BCUT2D eigenvalue weighted by Gasteiger charge is -2.10. The van der Waals surface area contributed by atoms with Gasteiger partial charge in [0.2, 0.25) is 0 Å². The van der Waals surface area contributed by atoms with Gasteiger partial charge in [0.05, 0.1) is 10.5 Å². The molecule has 0 aliphatic rings. The van der Waals surface area contributed by atoms with Crippen LogP contribution in [0.3, 0.4) is 0 Å². The van der Waals surface area contributed by atoms with Crippen molar-refractivity contribution in [2.45, 2.75) is 19.8 Å². The summed E-state index contributed by atoms with van der Waals surface area (Å²) in [6.45, 7) is 3.79. The van der Waals surface area contributed by atoms with Crippen molar-refractivity contribution in [3.05, 3.63) is 33.9 Å². The van der Waals surface area contributed by atoms with E-state index in [0.29, 0.717) is 26.2 Å². The molecule has 0 aromatic heterocycles. The summed E-state index contributed by atoms with van der Waals surface area (Å²) in [5.74, 6) is -0.335. The third kappa shape index (κ3) is 5.03. The highest BCUT2D eigenvalue weighted by Crippen LogP contribution is 2.27. The fourth-order valence-electron chi connectivity index (χ4n) is 1.86. The minimum absolute atomic E-state index is 0.114. The molecule has 0 unspecified atom stereocenters. The van der Waals surface area contributed by atoms with Crippen molar-refractivity contribution in [1.29, 1.82) is 0 Å². The fraction of sp³-hybridized carbons (Fsp3) is 0.500. The van der Waals surface area contributed by atoms with E-state index >= 15 is 0 Å². The summed E-state index contributed by atoms with van der Waals surface area (Å²) in [5.41, 5.74) is 0.375. The molecule has 1 aromatic carbocycles. The molecule has 0 aliphatic heterocycles. The van der Waals surface area contributed by atoms with Gasteiger partial charge in [-0.05, 0) is 18.9 Å². The predicted molar refractivity (Wildman–Crippen MR) is 80.7 cm³/mol. The molecule has 0 saturated carbocycles. The molecular weight excluding hydrogens is 274 g/mol. The summed E-state index contributed by atoms with van der Waals surface area (Å²) in [7, 11) is 1.55. The number of nitro groups is 1. The van der Waals surface area contributed by atoms with E-state index in [1.807, 2.05) is 6.92 Å². The average molecular weight is 295 g/mol. The summed E-state index contributed by atoms with van der Waals surface area (Å²) >= 11 is 0. The van der Waals surface area contributed by atoms with Gasteiger partial charge in [-0.15, -0.1) is 0 Å². The zero-order valence-electron chi connectivity index (χ0n) is 12.3. The van der Waals surface area contributed by atoms with E-state index in [1.165, 1.54) is 12.1 Å². The van der Waals surface area contributed by atoms with E-state index < -0.39 is 4.92 Å². The van der Waals surface area contributed by atoms with Gasteiger partial charge in [-0.25, -0.2) is 0 Å². The Morgan fingerprint density at radius 2 is 2.14 bits per heavy atom. The summed E-state index contributed by atoms with van der Waals surface area (Å²) in [4.78, 5) is 22.5. The van der Waals surface area contributed by atoms with Crippen molar-refractivity contribution in [3.8, 4) is 0 Å². The standard InChI is InChI=1S/C14H21N3O4/c1-3-9-21-10-5-8-16-14(18)11-6-4-7-12(17(19)20)13(11)15-2/h4,6-7,15H,3,5,8-10H2,1-2H3,(H,16,18). The molecule has 1 rings (SSSR count). The molecule has 0 fully saturated rings. The third-order valence-corrected chi connectivity index (χ3v) is 2.83. The van der Waals surface area contributed by atoms with Gasteiger partial charge in [0.15, 0.2) is 0 Å². The molecule has 2 N–H and O–H groups in total. The maximum atomic E-state index is 12.1. The van der Waals surface area contributed by atoms with E-state index in [1.54, 1.807) is 13.1 Å². The molecule has 0 radical (unpaired) electrons. The number of para-hydroxylation sites is 1. The Morgan fingerprint density at radius 3 is 2.76 bits per heavy atom. The van der Waals surface area contributed by atoms with Gasteiger partial charge < -0.3 is 15.4 Å². The Bertz CT molecular complexity index is 491. The molecule has 0 atom stereocenters. The van der Waals surface area contributed by atoms with Crippen molar-refractivity contribution < 1.29 is 14.5 Å². The monoisotopic (exact) mass is 295 g/mol. The van der Waals surface area contributed by atoms with Crippen LogP contribution in [-0.4, -0.2) is 37.6 Å². The number of anilines is 1. The Kier molecular flexibility index (Phi) is 7.17. The van der Waals surface area contributed by atoms with Crippen LogP contribution in [0.25, 0.3) is 0 Å². The van der Waals surface area contributed by atoms with Crippen molar-refractivity contribution in [1.82, 2.24) is 5.32 Å². The van der Waals surface area contributed by atoms with Crippen molar-refractivity contribution in [3.63, 3.8) is 0 Å². The maximum Gasteiger partial charge on any atom is 0.293 e. The highest BCUT2D eigenvalue weighted by atomic mass is 16.6. The molecule has 1 amide bonds. The number of benzene rings is 1. The maximum absolute atomic E-state index is 12.1. The largest absolute Gasteiger partial charge is 0.382 e. The van der Waals surface area contributed by atoms with Crippen LogP contribution in [0.2, 0.25) is 0 Å². The molecule has 7 heteroatoms. The number of hydrogen-bond donors (Lipinski definition) is 2. The molecule has 1 aromatic rings. The van der Waals surface area contributed by atoms with Crippen molar-refractivity contribution in [2.24, 2.45) is 0 Å². The third-order valence-electron chi connectivity index (χ3n) is 2.83. The number of nitro benzene ring substituents is 1. The minimum Gasteiger partial charge on any atom is -0.382 e. The fourth-order valence-corrected chi connectivity index (χ4v) is 1.86. The number of nitrogens with one attached hydrogen (secondary N) is 2. The van der Waals surface area contributed by atoms with Gasteiger partial charge in [-0.2, -0.15) is 0 Å². The lowest BCUT2D eigenvalue weighted by molar-refractivity contribution is -0.384. The molecule has 0 saturated heterocycles. The molecule has 7 nitrogen and oxygen atoms in total. The number of hydrogen-bond acceptors (Lipinski definition) is 5. The van der Waals surface area contributed by atoms with Gasteiger partial charge in [-0.3, -0.25) is 14.9 Å². The summed E-state index contributed by atoms with van der Waals surface area (Å²) in [6.07, 6.45) is 1.67. The highest BCUT2D eigenvalue weighted by Gasteiger charge is 2.20. The molecule has 0 bridgehead atoms. The molecular formula is C14H21N3O4. The van der Waals surface area contributed by atoms with Gasteiger partial charge in [-0.1, -0.05) is 13.0 Å². The number of carbonyl (C=O) groups is 1. The second-order valence-electron chi connectivity index (χ2n) is 4.43. The minimum atomic E-state index is -0.513. The van der Waals surface area contributed by atoms with Crippen LogP contribution >= 0.6 is 0 Å². The van der Waals surface area contributed by atoms with Crippen LogP contribution in [-0.2, 0) is 4.74 Å². The topological polar surface area (TPSA) is 93.5 Å². The zero-order valence-corrected chi connectivity index (χ0v) is 12.3. The molecule has 0 spiro atoms. The van der Waals surface area contributed by atoms with E-state index in [4.69, 9.17) is 4.74 Å². The smallest absolute Gasteiger partial charge is 0.293 e. The summed E-state index contributed by atoms with van der Waals surface area (Å²) < 4.78 is 5.31. The number of amides is 1. The van der Waals surface area contributed by atoms with Crippen molar-refractivity contribution >= 4 is 17.3 Å². The summed E-state index contributed by atoms with van der Waals surface area (Å²) in [5, 5.41) is 16.4. The number of ether oxygens (including phenoxy) is 1.